The van der Waals surface area contributed by atoms with Crippen molar-refractivity contribution in [3.8, 4) is 0 Å². The van der Waals surface area contributed by atoms with Crippen LogP contribution in [0.15, 0.2) is 9.44 Å². The summed E-state index contributed by atoms with van der Waals surface area (Å²) in [5, 5.41) is 1.19. The molecule has 0 radical (unpaired) electrons. The highest BCUT2D eigenvalue weighted by Crippen LogP contribution is 2.38. The molecule has 0 spiro atoms. The van der Waals surface area contributed by atoms with E-state index in [1.165, 1.54) is 29.2 Å². The molecule has 0 saturated carbocycles. The molecule has 0 atom stereocenters. The molecule has 1 heterocycles. The van der Waals surface area contributed by atoms with Crippen molar-refractivity contribution < 1.29 is 4.42 Å². The van der Waals surface area contributed by atoms with Crippen LogP contribution in [0.5, 0.6) is 0 Å². The fraction of sp³-hybridized carbons (Fsp3) is 0.750. The maximum atomic E-state index is 6.09. The van der Waals surface area contributed by atoms with Crippen LogP contribution in [0.4, 0.5) is 0 Å². The summed E-state index contributed by atoms with van der Waals surface area (Å²) >= 11 is 1.87. The Morgan fingerprint density at radius 1 is 1.00 bits per heavy atom. The van der Waals surface area contributed by atoms with E-state index in [1.54, 1.807) is 0 Å². The van der Waals surface area contributed by atoms with E-state index >= 15 is 0 Å². The van der Waals surface area contributed by atoms with Crippen molar-refractivity contribution in [1.29, 1.82) is 0 Å². The first kappa shape index (κ1) is 14.8. The van der Waals surface area contributed by atoms with Gasteiger partial charge in [-0.1, -0.05) is 32.5 Å². The van der Waals surface area contributed by atoms with Crippen LogP contribution in [0.1, 0.15) is 71.6 Å². The van der Waals surface area contributed by atoms with Crippen LogP contribution < -0.4 is 0 Å². The van der Waals surface area contributed by atoms with E-state index < -0.39 is 0 Å². The van der Waals surface area contributed by atoms with E-state index in [2.05, 4.69) is 41.5 Å². The molecule has 0 N–H and O–H groups in total. The van der Waals surface area contributed by atoms with Crippen molar-refractivity contribution >= 4 is 11.8 Å². The molecule has 1 aromatic rings. The van der Waals surface area contributed by atoms with Crippen LogP contribution in [0.2, 0.25) is 0 Å². The third kappa shape index (κ3) is 3.71. The number of hydrogen-bond donors (Lipinski definition) is 0. The summed E-state index contributed by atoms with van der Waals surface area (Å²) < 4.78 is 6.28. The standard InChI is InChI=1S/C16H26NOS/c1-15(2,3)14-17-13(19-16(4,5)6)11-9-7-8-10-12(11)18-14/h7-10H2,1-6H3/q+1. The molecule has 2 rings (SSSR count). The van der Waals surface area contributed by atoms with Gasteiger partial charge >= 0.3 is 11.7 Å². The van der Waals surface area contributed by atoms with E-state index in [9.17, 15) is 0 Å². The van der Waals surface area contributed by atoms with Crippen LogP contribution in [0, 0.1) is 0 Å². The molecular weight excluding hydrogens is 254 g/mol. The van der Waals surface area contributed by atoms with Gasteiger partial charge in [0.2, 0.25) is 0 Å². The largest absolute Gasteiger partial charge is 0.433 e. The van der Waals surface area contributed by atoms with Crippen LogP contribution in [0.25, 0.3) is 0 Å². The highest BCUT2D eigenvalue weighted by Gasteiger charge is 2.35. The Hall–Kier alpha value is -0.570. The van der Waals surface area contributed by atoms with E-state index in [4.69, 9.17) is 9.40 Å². The molecule has 0 fully saturated rings. The van der Waals surface area contributed by atoms with Gasteiger partial charge in [-0.15, -0.1) is 0 Å². The molecule has 1 aliphatic carbocycles. The lowest BCUT2D eigenvalue weighted by Crippen LogP contribution is -2.19. The molecule has 106 valence electrons. The number of aromatic nitrogens is 1. The zero-order chi connectivity index (χ0) is 14.3. The molecule has 0 amide bonds. The van der Waals surface area contributed by atoms with Crippen molar-refractivity contribution in [3.05, 3.63) is 17.2 Å². The number of aryl methyl sites for hydroxylation is 1. The predicted octanol–water partition coefficient (Wildman–Crippen LogP) is 5.02. The Morgan fingerprint density at radius 3 is 2.21 bits per heavy atom. The minimum atomic E-state index is -0.0281. The maximum absolute atomic E-state index is 6.09. The monoisotopic (exact) mass is 280 g/mol. The highest BCUT2D eigenvalue weighted by molar-refractivity contribution is 8.00. The Kier molecular flexibility index (Phi) is 3.97. The molecule has 0 unspecified atom stereocenters. The summed E-state index contributed by atoms with van der Waals surface area (Å²) in [7, 11) is 0. The summed E-state index contributed by atoms with van der Waals surface area (Å²) in [6, 6.07) is 0. The predicted molar refractivity (Wildman–Crippen MR) is 81.9 cm³/mol. The smallest absolute Gasteiger partial charge is 0.196 e. The molecule has 0 saturated heterocycles. The van der Waals surface area contributed by atoms with Crippen molar-refractivity contribution in [1.82, 2.24) is 4.98 Å². The lowest BCUT2D eigenvalue weighted by atomic mass is 9.95. The molecule has 0 aromatic carbocycles. The summed E-state index contributed by atoms with van der Waals surface area (Å²) in [5.41, 5.74) is 1.33. The minimum Gasteiger partial charge on any atom is -0.196 e. The van der Waals surface area contributed by atoms with Crippen LogP contribution >= 0.6 is 11.8 Å². The van der Waals surface area contributed by atoms with E-state index in [0.717, 1.165) is 18.7 Å². The summed E-state index contributed by atoms with van der Waals surface area (Å²) in [6.07, 6.45) is 4.69. The van der Waals surface area contributed by atoms with Crippen molar-refractivity contribution in [2.24, 2.45) is 0 Å². The summed E-state index contributed by atoms with van der Waals surface area (Å²) in [5.74, 6) is 2.05. The van der Waals surface area contributed by atoms with Crippen molar-refractivity contribution in [2.45, 2.75) is 82.4 Å². The van der Waals surface area contributed by atoms with Crippen molar-refractivity contribution in [3.63, 3.8) is 0 Å². The Labute approximate surface area is 121 Å². The first-order valence-corrected chi connectivity index (χ1v) is 8.04. The zero-order valence-corrected chi connectivity index (χ0v) is 13.9. The molecule has 1 aliphatic rings. The van der Waals surface area contributed by atoms with E-state index in [0.29, 0.717) is 0 Å². The Balaban J connectivity index is 2.50. The van der Waals surface area contributed by atoms with Gasteiger partial charge in [-0.3, -0.25) is 0 Å². The van der Waals surface area contributed by atoms with Gasteiger partial charge in [0.25, 0.3) is 0 Å². The second kappa shape index (κ2) is 5.08. The van der Waals surface area contributed by atoms with Gasteiger partial charge in [0.05, 0.1) is 17.4 Å². The Morgan fingerprint density at radius 2 is 1.63 bits per heavy atom. The lowest BCUT2D eigenvalue weighted by Gasteiger charge is -2.20. The van der Waals surface area contributed by atoms with Gasteiger partial charge in [-0.2, -0.15) is 9.40 Å². The number of rotatable bonds is 1. The number of thioether (sulfide) groups is 1. The number of fused-ring (bicyclic) bond motifs is 1. The fourth-order valence-electron chi connectivity index (χ4n) is 2.21. The second-order valence-corrected chi connectivity index (χ2v) is 9.21. The molecule has 0 bridgehead atoms. The second-order valence-electron chi connectivity index (χ2n) is 7.40. The van der Waals surface area contributed by atoms with Crippen molar-refractivity contribution in [2.75, 3.05) is 0 Å². The van der Waals surface area contributed by atoms with Gasteiger partial charge in [0.15, 0.2) is 0 Å². The van der Waals surface area contributed by atoms with Gasteiger partial charge in [0.1, 0.15) is 5.03 Å². The summed E-state index contributed by atoms with van der Waals surface area (Å²) in [6.45, 7) is 13.2. The third-order valence-corrected chi connectivity index (χ3v) is 4.29. The van der Waals surface area contributed by atoms with E-state index in [-0.39, 0.29) is 10.2 Å². The maximum Gasteiger partial charge on any atom is 0.433 e. The normalized spacial score (nSPS) is 16.3. The lowest BCUT2D eigenvalue weighted by molar-refractivity contribution is 0.326. The van der Waals surface area contributed by atoms with Crippen LogP contribution in [-0.4, -0.2) is 9.73 Å². The first-order chi connectivity index (χ1) is 8.67. The van der Waals surface area contributed by atoms with Gasteiger partial charge in [0, 0.05) is 4.75 Å². The fourth-order valence-corrected chi connectivity index (χ4v) is 3.26. The van der Waals surface area contributed by atoms with Crippen LogP contribution in [0.3, 0.4) is 0 Å². The zero-order valence-electron chi connectivity index (χ0n) is 13.1. The quantitative estimate of drug-likeness (QED) is 0.533. The molecule has 0 aliphatic heterocycles. The van der Waals surface area contributed by atoms with Gasteiger partial charge in [-0.05, 0) is 40.0 Å². The SMILES string of the molecule is CC(C)(C)Sc1nc(C(C)(C)C)[o+]c2c1CCCC2. The van der Waals surface area contributed by atoms with E-state index in [1.807, 2.05) is 11.8 Å². The van der Waals surface area contributed by atoms with Gasteiger partial charge < -0.3 is 0 Å². The minimum absolute atomic E-state index is 0.0281. The van der Waals surface area contributed by atoms with Gasteiger partial charge in [-0.25, -0.2) is 0 Å². The third-order valence-electron chi connectivity index (χ3n) is 3.14. The first-order valence-electron chi connectivity index (χ1n) is 7.22. The molecule has 1 aromatic heterocycles. The highest BCUT2D eigenvalue weighted by atomic mass is 32.2. The number of nitrogens with zero attached hydrogens (tertiary/aromatic N) is 1. The average Bonchev–Trinajstić information content (AvgIpc) is 2.25. The average molecular weight is 280 g/mol. The molecule has 19 heavy (non-hydrogen) atoms. The molecular formula is C16H26NOS+. The van der Waals surface area contributed by atoms with Crippen LogP contribution in [-0.2, 0) is 18.3 Å². The molecule has 2 nitrogen and oxygen atoms in total. The summed E-state index contributed by atoms with van der Waals surface area (Å²) in [4.78, 5) is 4.84. The Bertz CT molecular complexity index is 469. The molecule has 3 heteroatoms. The number of hydrogen-bond acceptors (Lipinski definition) is 2. The topological polar surface area (TPSA) is 24.2 Å².